The van der Waals surface area contributed by atoms with Crippen molar-refractivity contribution in [3.05, 3.63) is 33.9 Å². The number of hydrogen-bond acceptors (Lipinski definition) is 5. The van der Waals surface area contributed by atoms with Gasteiger partial charge in [0.05, 0.1) is 6.10 Å². The van der Waals surface area contributed by atoms with E-state index < -0.39 is 0 Å². The summed E-state index contributed by atoms with van der Waals surface area (Å²) in [7, 11) is 0. The van der Waals surface area contributed by atoms with Gasteiger partial charge in [0.2, 0.25) is 5.91 Å². The zero-order chi connectivity index (χ0) is 19.7. The highest BCUT2D eigenvalue weighted by atomic mass is 16.5. The van der Waals surface area contributed by atoms with Crippen LogP contribution >= 0.6 is 0 Å². The molecule has 0 bridgehead atoms. The van der Waals surface area contributed by atoms with Gasteiger partial charge in [0.1, 0.15) is 5.76 Å². The Labute approximate surface area is 164 Å². The van der Waals surface area contributed by atoms with Gasteiger partial charge < -0.3 is 19.0 Å². The monoisotopic (exact) mass is 388 g/mol. The molecule has 0 radical (unpaired) electrons. The van der Waals surface area contributed by atoms with Gasteiger partial charge in [-0.3, -0.25) is 14.4 Å². The van der Waals surface area contributed by atoms with Crippen LogP contribution in [0.25, 0.3) is 0 Å². The molecule has 28 heavy (non-hydrogen) atoms. The Kier molecular flexibility index (Phi) is 5.27. The van der Waals surface area contributed by atoms with Gasteiger partial charge in [-0.25, -0.2) is 0 Å². The quantitative estimate of drug-likeness (QED) is 0.791. The zero-order valence-electron chi connectivity index (χ0n) is 16.4. The van der Waals surface area contributed by atoms with Crippen LogP contribution in [0.5, 0.6) is 0 Å². The van der Waals surface area contributed by atoms with Crippen molar-refractivity contribution in [1.29, 1.82) is 0 Å². The molecule has 0 N–H and O–H groups in total. The summed E-state index contributed by atoms with van der Waals surface area (Å²) in [6.07, 6.45) is 5.46. The van der Waals surface area contributed by atoms with E-state index in [-0.39, 0.29) is 34.5 Å². The highest BCUT2D eigenvalue weighted by molar-refractivity contribution is 5.91. The average molecular weight is 388 g/mol. The first-order valence-electron chi connectivity index (χ1n) is 10.2. The van der Waals surface area contributed by atoms with Crippen LogP contribution in [-0.4, -0.2) is 60.5 Å². The number of piperidine rings is 2. The first-order chi connectivity index (χ1) is 13.4. The largest absolute Gasteiger partial charge is 0.456 e. The van der Waals surface area contributed by atoms with Crippen molar-refractivity contribution in [1.82, 2.24) is 9.80 Å². The van der Waals surface area contributed by atoms with Gasteiger partial charge in [-0.05, 0) is 44.4 Å². The Morgan fingerprint density at radius 2 is 2.00 bits per heavy atom. The van der Waals surface area contributed by atoms with Crippen molar-refractivity contribution in [2.24, 2.45) is 5.41 Å². The number of amides is 2. The highest BCUT2D eigenvalue weighted by Crippen LogP contribution is 2.40. The van der Waals surface area contributed by atoms with Gasteiger partial charge in [-0.15, -0.1) is 0 Å². The van der Waals surface area contributed by atoms with E-state index in [2.05, 4.69) is 0 Å². The minimum Gasteiger partial charge on any atom is -0.456 e. The fourth-order valence-electron chi connectivity index (χ4n) is 4.76. The molecule has 4 rings (SSSR count). The number of carbonyl (C=O) groups excluding carboxylic acids is 2. The Morgan fingerprint density at radius 1 is 1.21 bits per heavy atom. The molecule has 1 spiro atoms. The standard InChI is InChI=1S/C21H28N2O5/c1-15-11-16(24)12-18(28-15)20(26)22-8-6-21(7-9-22)5-4-19(25)23(14-21)13-17-3-2-10-27-17/h11-12,17H,2-10,13-14H2,1H3/t17-/m0/s1. The van der Waals surface area contributed by atoms with Crippen LogP contribution < -0.4 is 5.43 Å². The van der Waals surface area contributed by atoms with E-state index in [1.165, 1.54) is 12.1 Å². The highest BCUT2D eigenvalue weighted by Gasteiger charge is 2.42. The number of aryl methyl sites for hydroxylation is 1. The summed E-state index contributed by atoms with van der Waals surface area (Å²) < 4.78 is 11.2. The fourth-order valence-corrected chi connectivity index (χ4v) is 4.76. The van der Waals surface area contributed by atoms with Crippen LogP contribution in [0.1, 0.15) is 54.8 Å². The van der Waals surface area contributed by atoms with E-state index in [0.717, 1.165) is 45.3 Å². The summed E-state index contributed by atoms with van der Waals surface area (Å²) in [6, 6.07) is 2.64. The van der Waals surface area contributed by atoms with E-state index in [1.54, 1.807) is 11.8 Å². The lowest BCUT2D eigenvalue weighted by Gasteiger charge is -2.47. The summed E-state index contributed by atoms with van der Waals surface area (Å²) in [5, 5.41) is 0. The predicted molar refractivity (Wildman–Crippen MR) is 102 cm³/mol. The third kappa shape index (κ3) is 3.99. The lowest BCUT2D eigenvalue weighted by Crippen LogP contribution is -2.53. The summed E-state index contributed by atoms with van der Waals surface area (Å²) >= 11 is 0. The Morgan fingerprint density at radius 3 is 2.68 bits per heavy atom. The molecule has 3 saturated heterocycles. The molecular weight excluding hydrogens is 360 g/mol. The molecule has 152 valence electrons. The number of hydrogen-bond donors (Lipinski definition) is 0. The van der Waals surface area contributed by atoms with E-state index >= 15 is 0 Å². The van der Waals surface area contributed by atoms with E-state index in [9.17, 15) is 14.4 Å². The van der Waals surface area contributed by atoms with Crippen molar-refractivity contribution in [3.63, 3.8) is 0 Å². The predicted octanol–water partition coefficient (Wildman–Crippen LogP) is 1.97. The molecule has 0 aromatic carbocycles. The molecule has 0 aliphatic carbocycles. The van der Waals surface area contributed by atoms with Crippen LogP contribution in [0.15, 0.2) is 21.3 Å². The van der Waals surface area contributed by atoms with Gasteiger partial charge in [0.25, 0.3) is 5.91 Å². The third-order valence-corrected chi connectivity index (χ3v) is 6.41. The number of ether oxygens (including phenoxy) is 1. The Bertz CT molecular complexity index is 803. The van der Waals surface area contributed by atoms with Gasteiger partial charge in [-0.1, -0.05) is 0 Å². The third-order valence-electron chi connectivity index (χ3n) is 6.41. The van der Waals surface area contributed by atoms with Crippen LogP contribution in [0.2, 0.25) is 0 Å². The maximum atomic E-state index is 12.7. The molecule has 1 aromatic heterocycles. The number of carbonyl (C=O) groups is 2. The molecule has 4 heterocycles. The number of likely N-dealkylation sites (tertiary alicyclic amines) is 2. The number of nitrogens with zero attached hydrogens (tertiary/aromatic N) is 2. The fraction of sp³-hybridized carbons (Fsp3) is 0.667. The molecule has 7 heteroatoms. The normalized spacial score (nSPS) is 24.8. The van der Waals surface area contributed by atoms with Gasteiger partial charge in [0, 0.05) is 51.3 Å². The minimum absolute atomic E-state index is 0.0801. The van der Waals surface area contributed by atoms with E-state index in [4.69, 9.17) is 9.15 Å². The molecule has 1 aromatic rings. The molecule has 1 atom stereocenters. The maximum absolute atomic E-state index is 12.7. The molecule has 3 aliphatic rings. The summed E-state index contributed by atoms with van der Waals surface area (Å²) in [4.78, 5) is 40.5. The van der Waals surface area contributed by atoms with Crippen molar-refractivity contribution in [2.45, 2.75) is 51.6 Å². The van der Waals surface area contributed by atoms with Crippen LogP contribution in [0, 0.1) is 12.3 Å². The summed E-state index contributed by atoms with van der Waals surface area (Å²) in [5.41, 5.74) is -0.132. The summed E-state index contributed by atoms with van der Waals surface area (Å²) in [6.45, 7) is 5.16. The van der Waals surface area contributed by atoms with Crippen LogP contribution in [0.3, 0.4) is 0 Å². The number of rotatable bonds is 3. The topological polar surface area (TPSA) is 80.1 Å². The second kappa shape index (κ2) is 7.70. The van der Waals surface area contributed by atoms with E-state index in [1.807, 2.05) is 4.90 Å². The van der Waals surface area contributed by atoms with Gasteiger partial charge >= 0.3 is 0 Å². The smallest absolute Gasteiger partial charge is 0.289 e. The van der Waals surface area contributed by atoms with Gasteiger partial charge in [-0.2, -0.15) is 0 Å². The van der Waals surface area contributed by atoms with Crippen LogP contribution in [-0.2, 0) is 9.53 Å². The second-order valence-electron chi connectivity index (χ2n) is 8.47. The molecule has 7 nitrogen and oxygen atoms in total. The Hall–Kier alpha value is -2.15. The lowest BCUT2D eigenvalue weighted by atomic mass is 9.72. The first-order valence-corrected chi connectivity index (χ1v) is 10.2. The van der Waals surface area contributed by atoms with Crippen molar-refractivity contribution >= 4 is 11.8 Å². The second-order valence-corrected chi connectivity index (χ2v) is 8.47. The van der Waals surface area contributed by atoms with E-state index in [0.29, 0.717) is 31.8 Å². The molecule has 3 aliphatic heterocycles. The molecule has 3 fully saturated rings. The maximum Gasteiger partial charge on any atom is 0.289 e. The van der Waals surface area contributed by atoms with Crippen molar-refractivity contribution in [2.75, 3.05) is 32.8 Å². The SMILES string of the molecule is Cc1cc(=O)cc(C(=O)N2CCC3(CCC(=O)N(C[C@@H]4CCCO4)C3)CC2)o1. The molecule has 0 saturated carbocycles. The average Bonchev–Trinajstić information content (AvgIpc) is 3.17. The lowest BCUT2D eigenvalue weighted by molar-refractivity contribution is -0.141. The van der Waals surface area contributed by atoms with Crippen LogP contribution in [0.4, 0.5) is 0 Å². The van der Waals surface area contributed by atoms with Crippen molar-refractivity contribution in [3.8, 4) is 0 Å². The van der Waals surface area contributed by atoms with Gasteiger partial charge in [0.15, 0.2) is 11.2 Å². The summed E-state index contributed by atoms with van der Waals surface area (Å²) in [5.74, 6) is 0.555. The Balaban J connectivity index is 1.39. The zero-order valence-corrected chi connectivity index (χ0v) is 16.4. The molecule has 0 unspecified atom stereocenters. The molecule has 2 amide bonds. The first kappa shape index (κ1) is 19.2. The molecular formula is C21H28N2O5. The van der Waals surface area contributed by atoms with Crippen molar-refractivity contribution < 1.29 is 18.7 Å². The minimum atomic E-state index is -0.223.